The molecule has 1 fully saturated rings. The molecule has 0 aliphatic carbocycles. The van der Waals surface area contributed by atoms with Gasteiger partial charge in [-0.25, -0.2) is 0 Å². The normalized spacial score (nSPS) is 23.7. The van der Waals surface area contributed by atoms with Gasteiger partial charge in [0.05, 0.1) is 5.56 Å². The Labute approximate surface area is 130 Å². The van der Waals surface area contributed by atoms with Crippen molar-refractivity contribution in [1.29, 1.82) is 0 Å². The van der Waals surface area contributed by atoms with E-state index >= 15 is 0 Å². The topological polar surface area (TPSA) is 15.3 Å². The molecule has 22 heavy (non-hydrogen) atoms. The fraction of sp³-hybridized carbons (Fsp3) is 0.647. The van der Waals surface area contributed by atoms with Crippen LogP contribution < -0.4 is 10.2 Å². The zero-order valence-corrected chi connectivity index (χ0v) is 13.9. The summed E-state index contributed by atoms with van der Waals surface area (Å²) in [4.78, 5) is 1.85. The molecule has 0 unspecified atom stereocenters. The lowest BCUT2D eigenvalue weighted by Crippen LogP contribution is -2.54. The van der Waals surface area contributed by atoms with Gasteiger partial charge in [0, 0.05) is 30.9 Å². The third-order valence-electron chi connectivity index (χ3n) is 4.07. The SMILES string of the molecule is C[C@@H]1CN(c2ccc(C(C)(C)C)cc2C(F)(F)F)C[C@H](C)N1. The maximum Gasteiger partial charge on any atom is 0.418 e. The van der Waals surface area contributed by atoms with Gasteiger partial charge in [-0.3, -0.25) is 0 Å². The Kier molecular flexibility index (Phi) is 4.49. The molecule has 2 atom stereocenters. The van der Waals surface area contributed by atoms with Gasteiger partial charge < -0.3 is 10.2 Å². The van der Waals surface area contributed by atoms with Gasteiger partial charge >= 0.3 is 6.18 Å². The molecule has 1 aromatic carbocycles. The lowest BCUT2D eigenvalue weighted by molar-refractivity contribution is -0.137. The molecule has 0 aromatic heterocycles. The summed E-state index contributed by atoms with van der Waals surface area (Å²) in [7, 11) is 0. The van der Waals surface area contributed by atoms with E-state index in [0.717, 1.165) is 0 Å². The van der Waals surface area contributed by atoms with Crippen LogP contribution in [0.1, 0.15) is 45.7 Å². The van der Waals surface area contributed by atoms with Crippen LogP contribution in [0.4, 0.5) is 18.9 Å². The number of rotatable bonds is 1. The number of nitrogens with one attached hydrogen (secondary N) is 1. The highest BCUT2D eigenvalue weighted by molar-refractivity contribution is 5.58. The van der Waals surface area contributed by atoms with Crippen LogP contribution in [0.3, 0.4) is 0 Å². The van der Waals surface area contributed by atoms with Crippen LogP contribution in [0.15, 0.2) is 18.2 Å². The molecule has 5 heteroatoms. The Morgan fingerprint density at radius 1 is 1.05 bits per heavy atom. The number of halogens is 3. The Hall–Kier alpha value is -1.23. The maximum atomic E-state index is 13.5. The number of hydrogen-bond donors (Lipinski definition) is 1. The Bertz CT molecular complexity index is 522. The molecule has 1 aliphatic heterocycles. The van der Waals surface area contributed by atoms with Crippen molar-refractivity contribution >= 4 is 5.69 Å². The van der Waals surface area contributed by atoms with Gasteiger partial charge in [-0.15, -0.1) is 0 Å². The van der Waals surface area contributed by atoms with Crippen LogP contribution >= 0.6 is 0 Å². The summed E-state index contributed by atoms with van der Waals surface area (Å²) in [5.74, 6) is 0. The van der Waals surface area contributed by atoms with Crippen molar-refractivity contribution < 1.29 is 13.2 Å². The van der Waals surface area contributed by atoms with Gasteiger partial charge in [0.15, 0.2) is 0 Å². The fourth-order valence-electron chi connectivity index (χ4n) is 3.03. The van der Waals surface area contributed by atoms with E-state index in [1.54, 1.807) is 6.07 Å². The first-order valence-corrected chi connectivity index (χ1v) is 7.71. The summed E-state index contributed by atoms with van der Waals surface area (Å²) in [5, 5.41) is 3.35. The van der Waals surface area contributed by atoms with E-state index in [9.17, 15) is 13.2 Å². The summed E-state index contributed by atoms with van der Waals surface area (Å²) in [5.41, 5.74) is 0.171. The molecule has 0 bridgehead atoms. The van der Waals surface area contributed by atoms with E-state index < -0.39 is 11.7 Å². The van der Waals surface area contributed by atoms with Crippen molar-refractivity contribution in [3.05, 3.63) is 29.3 Å². The Morgan fingerprint density at radius 2 is 1.59 bits per heavy atom. The molecule has 0 amide bonds. The highest BCUT2D eigenvalue weighted by Crippen LogP contribution is 2.39. The van der Waals surface area contributed by atoms with Crippen molar-refractivity contribution in [1.82, 2.24) is 5.32 Å². The molecule has 1 N–H and O–H groups in total. The molecule has 2 rings (SSSR count). The molecule has 1 aliphatic rings. The van der Waals surface area contributed by atoms with Crippen LogP contribution in [-0.4, -0.2) is 25.2 Å². The molecule has 1 heterocycles. The highest BCUT2D eigenvalue weighted by atomic mass is 19.4. The number of alkyl halides is 3. The average Bonchev–Trinajstić information content (AvgIpc) is 2.34. The first-order chi connectivity index (χ1) is 9.98. The molecule has 0 radical (unpaired) electrons. The number of nitrogens with zero attached hydrogens (tertiary/aromatic N) is 1. The van der Waals surface area contributed by atoms with Crippen LogP contribution in [0.2, 0.25) is 0 Å². The second-order valence-corrected chi connectivity index (χ2v) is 7.35. The zero-order valence-electron chi connectivity index (χ0n) is 13.9. The monoisotopic (exact) mass is 314 g/mol. The third-order valence-corrected chi connectivity index (χ3v) is 4.07. The van der Waals surface area contributed by atoms with Crippen LogP contribution in [-0.2, 0) is 11.6 Å². The lowest BCUT2D eigenvalue weighted by Gasteiger charge is -2.39. The Morgan fingerprint density at radius 3 is 2.05 bits per heavy atom. The second kappa shape index (κ2) is 5.76. The predicted octanol–water partition coefficient (Wildman–Crippen LogP) is 4.19. The maximum absolute atomic E-state index is 13.5. The van der Waals surface area contributed by atoms with E-state index in [0.29, 0.717) is 24.3 Å². The van der Waals surface area contributed by atoms with Crippen molar-refractivity contribution in [3.63, 3.8) is 0 Å². The number of anilines is 1. The van der Waals surface area contributed by atoms with E-state index in [-0.39, 0.29) is 17.5 Å². The highest BCUT2D eigenvalue weighted by Gasteiger charge is 2.37. The summed E-state index contributed by atoms with van der Waals surface area (Å²) >= 11 is 0. The zero-order chi connectivity index (χ0) is 16.7. The van der Waals surface area contributed by atoms with E-state index in [1.807, 2.05) is 45.6 Å². The molecular formula is C17H25F3N2. The van der Waals surface area contributed by atoms with E-state index in [2.05, 4.69) is 5.32 Å². The smallest absolute Gasteiger partial charge is 0.368 e. The van der Waals surface area contributed by atoms with Gasteiger partial charge in [-0.1, -0.05) is 26.8 Å². The number of piperazine rings is 1. The lowest BCUT2D eigenvalue weighted by atomic mass is 9.85. The van der Waals surface area contributed by atoms with Gasteiger partial charge in [0.2, 0.25) is 0 Å². The number of benzene rings is 1. The van der Waals surface area contributed by atoms with E-state index in [1.165, 1.54) is 6.07 Å². The first kappa shape index (κ1) is 17.1. The Balaban J connectivity index is 2.47. The van der Waals surface area contributed by atoms with Crippen LogP contribution in [0.25, 0.3) is 0 Å². The minimum absolute atomic E-state index is 0.173. The first-order valence-electron chi connectivity index (χ1n) is 7.71. The minimum Gasteiger partial charge on any atom is -0.368 e. The average molecular weight is 314 g/mol. The summed E-state index contributed by atoms with van der Waals surface area (Å²) < 4.78 is 40.6. The molecular weight excluding hydrogens is 289 g/mol. The van der Waals surface area contributed by atoms with Gasteiger partial charge in [-0.2, -0.15) is 13.2 Å². The summed E-state index contributed by atoms with van der Waals surface area (Å²) in [6, 6.07) is 5.11. The van der Waals surface area contributed by atoms with E-state index in [4.69, 9.17) is 0 Å². The van der Waals surface area contributed by atoms with Crippen LogP contribution in [0.5, 0.6) is 0 Å². The predicted molar refractivity (Wildman–Crippen MR) is 84.4 cm³/mol. The second-order valence-electron chi connectivity index (χ2n) is 7.35. The van der Waals surface area contributed by atoms with Crippen molar-refractivity contribution in [2.24, 2.45) is 0 Å². The molecule has 1 saturated heterocycles. The minimum atomic E-state index is -4.34. The van der Waals surface area contributed by atoms with Crippen molar-refractivity contribution in [3.8, 4) is 0 Å². The number of hydrogen-bond acceptors (Lipinski definition) is 2. The van der Waals surface area contributed by atoms with Crippen LogP contribution in [0, 0.1) is 0 Å². The van der Waals surface area contributed by atoms with Gasteiger partial charge in [0.25, 0.3) is 0 Å². The standard InChI is InChI=1S/C17H25F3N2/c1-11-9-22(10-12(2)21-11)15-7-6-13(16(3,4)5)8-14(15)17(18,19)20/h6-8,11-12,21H,9-10H2,1-5H3/t11-,12+. The third kappa shape index (κ3) is 3.75. The summed E-state index contributed by atoms with van der Waals surface area (Å²) in [6.07, 6.45) is -4.34. The molecule has 0 spiro atoms. The molecule has 0 saturated carbocycles. The van der Waals surface area contributed by atoms with Crippen molar-refractivity contribution in [2.45, 2.75) is 58.3 Å². The quantitative estimate of drug-likeness (QED) is 0.836. The largest absolute Gasteiger partial charge is 0.418 e. The molecule has 1 aromatic rings. The van der Waals surface area contributed by atoms with Gasteiger partial charge in [-0.05, 0) is 37.0 Å². The molecule has 2 nitrogen and oxygen atoms in total. The molecule has 124 valence electrons. The van der Waals surface area contributed by atoms with Gasteiger partial charge in [0.1, 0.15) is 0 Å². The fourth-order valence-corrected chi connectivity index (χ4v) is 3.03. The van der Waals surface area contributed by atoms with Crippen molar-refractivity contribution in [2.75, 3.05) is 18.0 Å². The summed E-state index contributed by atoms with van der Waals surface area (Å²) in [6.45, 7) is 11.0.